The molecule has 1 heterocycles. The van der Waals surface area contributed by atoms with Crippen LogP contribution in [-0.2, 0) is 9.53 Å². The zero-order chi connectivity index (χ0) is 13.8. The van der Waals surface area contributed by atoms with Crippen LogP contribution in [0, 0.1) is 5.82 Å². The lowest BCUT2D eigenvalue weighted by molar-refractivity contribution is -0.120. The van der Waals surface area contributed by atoms with Gasteiger partial charge in [-0.05, 0) is 26.0 Å². The van der Waals surface area contributed by atoms with Crippen molar-refractivity contribution in [3.8, 4) is 5.75 Å². The third-order valence-electron chi connectivity index (χ3n) is 2.85. The van der Waals surface area contributed by atoms with Gasteiger partial charge in [0.25, 0.3) is 0 Å². The number of nitrogens with zero attached hydrogens (tertiary/aromatic N) is 1. The highest BCUT2D eigenvalue weighted by molar-refractivity contribution is 5.95. The first kappa shape index (κ1) is 13.8. The first-order chi connectivity index (χ1) is 9.08. The fourth-order valence-electron chi connectivity index (χ4n) is 1.97. The minimum Gasteiger partial charge on any atom is -0.489 e. The SMILES string of the molecule is CC(C)OCCC(=O)N1CCOc2cc(F)ccc21. The fraction of sp³-hybridized carbons (Fsp3) is 0.500. The standard InChI is InChI=1S/C14H18FNO3/c1-10(2)18-7-5-14(17)16-6-8-19-13-9-11(15)3-4-12(13)16/h3-4,9-10H,5-8H2,1-2H3. The number of halogens is 1. The van der Waals surface area contributed by atoms with E-state index >= 15 is 0 Å². The van der Waals surface area contributed by atoms with E-state index in [0.29, 0.717) is 37.6 Å². The van der Waals surface area contributed by atoms with E-state index < -0.39 is 0 Å². The molecule has 0 N–H and O–H groups in total. The second kappa shape index (κ2) is 6.02. The molecule has 1 aromatic rings. The van der Waals surface area contributed by atoms with Gasteiger partial charge in [-0.25, -0.2) is 4.39 Å². The number of carbonyl (C=O) groups excluding carboxylic acids is 1. The van der Waals surface area contributed by atoms with Crippen molar-refractivity contribution in [1.29, 1.82) is 0 Å². The first-order valence-corrected chi connectivity index (χ1v) is 6.42. The predicted molar refractivity (Wildman–Crippen MR) is 70.0 cm³/mol. The Morgan fingerprint density at radius 1 is 1.53 bits per heavy atom. The van der Waals surface area contributed by atoms with Gasteiger partial charge in [0.05, 0.1) is 31.4 Å². The topological polar surface area (TPSA) is 38.8 Å². The number of amides is 1. The average Bonchev–Trinajstić information content (AvgIpc) is 2.37. The van der Waals surface area contributed by atoms with Crippen molar-refractivity contribution in [2.24, 2.45) is 0 Å². The van der Waals surface area contributed by atoms with Gasteiger partial charge in [0.1, 0.15) is 18.2 Å². The first-order valence-electron chi connectivity index (χ1n) is 6.42. The van der Waals surface area contributed by atoms with Crippen LogP contribution in [0.1, 0.15) is 20.3 Å². The minimum absolute atomic E-state index is 0.0307. The lowest BCUT2D eigenvalue weighted by Crippen LogP contribution is -2.38. The molecule has 0 radical (unpaired) electrons. The number of benzene rings is 1. The van der Waals surface area contributed by atoms with Crippen LogP contribution in [0.3, 0.4) is 0 Å². The molecule has 0 spiro atoms. The molecule has 0 atom stereocenters. The average molecular weight is 267 g/mol. The molecule has 0 aromatic heterocycles. The zero-order valence-electron chi connectivity index (χ0n) is 11.2. The van der Waals surface area contributed by atoms with Gasteiger partial charge in [-0.1, -0.05) is 0 Å². The van der Waals surface area contributed by atoms with Crippen LogP contribution >= 0.6 is 0 Å². The van der Waals surface area contributed by atoms with Crippen LogP contribution in [0.15, 0.2) is 18.2 Å². The number of fused-ring (bicyclic) bond motifs is 1. The normalized spacial score (nSPS) is 14.2. The summed E-state index contributed by atoms with van der Waals surface area (Å²) in [5.74, 6) is 0.0253. The molecule has 1 amide bonds. The number of hydrogen-bond acceptors (Lipinski definition) is 3. The van der Waals surface area contributed by atoms with Crippen LogP contribution in [0.2, 0.25) is 0 Å². The summed E-state index contributed by atoms with van der Waals surface area (Å²) in [4.78, 5) is 13.8. The predicted octanol–water partition coefficient (Wildman–Crippen LogP) is 2.37. The molecule has 5 heteroatoms. The molecule has 0 unspecified atom stereocenters. The Morgan fingerprint density at radius 2 is 2.32 bits per heavy atom. The van der Waals surface area contributed by atoms with Crippen LogP contribution in [0.25, 0.3) is 0 Å². The maximum atomic E-state index is 13.1. The van der Waals surface area contributed by atoms with Crippen molar-refractivity contribution in [2.45, 2.75) is 26.4 Å². The van der Waals surface area contributed by atoms with E-state index in [-0.39, 0.29) is 17.8 Å². The van der Waals surface area contributed by atoms with Crippen LogP contribution in [0.4, 0.5) is 10.1 Å². The summed E-state index contributed by atoms with van der Waals surface area (Å²) in [5.41, 5.74) is 0.627. The Kier molecular flexibility index (Phi) is 4.37. The van der Waals surface area contributed by atoms with Gasteiger partial charge in [0.15, 0.2) is 0 Å². The highest BCUT2D eigenvalue weighted by Gasteiger charge is 2.23. The molecule has 1 aliphatic rings. The van der Waals surface area contributed by atoms with Gasteiger partial charge >= 0.3 is 0 Å². The quantitative estimate of drug-likeness (QED) is 0.840. The van der Waals surface area contributed by atoms with Gasteiger partial charge in [-0.3, -0.25) is 4.79 Å². The highest BCUT2D eigenvalue weighted by atomic mass is 19.1. The van der Waals surface area contributed by atoms with Crippen molar-refractivity contribution in [2.75, 3.05) is 24.7 Å². The molecule has 4 nitrogen and oxygen atoms in total. The van der Waals surface area contributed by atoms with Crippen molar-refractivity contribution in [3.05, 3.63) is 24.0 Å². The molecule has 1 aromatic carbocycles. The highest BCUT2D eigenvalue weighted by Crippen LogP contribution is 2.32. The summed E-state index contributed by atoms with van der Waals surface area (Å²) in [6.45, 7) is 5.12. The number of ether oxygens (including phenoxy) is 2. The summed E-state index contributed by atoms with van der Waals surface area (Å²) in [6, 6.07) is 4.21. The molecule has 2 rings (SSSR count). The Bertz CT molecular complexity index is 462. The van der Waals surface area contributed by atoms with Crippen LogP contribution in [-0.4, -0.2) is 31.8 Å². The Balaban J connectivity index is 2.04. The maximum absolute atomic E-state index is 13.1. The maximum Gasteiger partial charge on any atom is 0.229 e. The smallest absolute Gasteiger partial charge is 0.229 e. The third-order valence-corrected chi connectivity index (χ3v) is 2.85. The summed E-state index contributed by atoms with van der Waals surface area (Å²) >= 11 is 0. The molecule has 0 bridgehead atoms. The molecule has 0 saturated heterocycles. The van der Waals surface area contributed by atoms with Crippen molar-refractivity contribution >= 4 is 11.6 Å². The molecule has 104 valence electrons. The number of carbonyl (C=O) groups is 1. The Morgan fingerprint density at radius 3 is 3.05 bits per heavy atom. The molecule has 0 saturated carbocycles. The van der Waals surface area contributed by atoms with Crippen molar-refractivity contribution < 1.29 is 18.7 Å². The second-order valence-corrected chi connectivity index (χ2v) is 4.68. The summed E-state index contributed by atoms with van der Waals surface area (Å²) in [6.07, 6.45) is 0.425. The summed E-state index contributed by atoms with van der Waals surface area (Å²) in [7, 11) is 0. The third kappa shape index (κ3) is 3.44. The summed E-state index contributed by atoms with van der Waals surface area (Å²) in [5, 5.41) is 0. The van der Waals surface area contributed by atoms with E-state index in [1.54, 1.807) is 11.0 Å². The summed E-state index contributed by atoms with van der Waals surface area (Å²) < 4.78 is 23.8. The largest absolute Gasteiger partial charge is 0.489 e. The molecule has 0 aliphatic carbocycles. The molecular weight excluding hydrogens is 249 g/mol. The van der Waals surface area contributed by atoms with Crippen LogP contribution in [0.5, 0.6) is 5.75 Å². The van der Waals surface area contributed by atoms with E-state index in [4.69, 9.17) is 9.47 Å². The van der Waals surface area contributed by atoms with E-state index in [2.05, 4.69) is 0 Å². The second-order valence-electron chi connectivity index (χ2n) is 4.68. The number of rotatable bonds is 4. The fourth-order valence-corrected chi connectivity index (χ4v) is 1.97. The molecule has 0 fully saturated rings. The van der Waals surface area contributed by atoms with E-state index in [1.165, 1.54) is 12.1 Å². The zero-order valence-corrected chi connectivity index (χ0v) is 11.2. The van der Waals surface area contributed by atoms with Gasteiger partial charge < -0.3 is 14.4 Å². The van der Waals surface area contributed by atoms with Gasteiger partial charge in [-0.2, -0.15) is 0 Å². The van der Waals surface area contributed by atoms with Gasteiger partial charge in [-0.15, -0.1) is 0 Å². The molecular formula is C14H18FNO3. The van der Waals surface area contributed by atoms with E-state index in [0.717, 1.165) is 0 Å². The minimum atomic E-state index is -0.365. The molecule has 1 aliphatic heterocycles. The molecule has 19 heavy (non-hydrogen) atoms. The van der Waals surface area contributed by atoms with E-state index in [9.17, 15) is 9.18 Å². The van der Waals surface area contributed by atoms with Gasteiger partial charge in [0, 0.05) is 6.07 Å². The van der Waals surface area contributed by atoms with Gasteiger partial charge in [0.2, 0.25) is 5.91 Å². The lowest BCUT2D eigenvalue weighted by atomic mass is 10.2. The van der Waals surface area contributed by atoms with Crippen LogP contribution < -0.4 is 9.64 Å². The Labute approximate surface area is 112 Å². The van der Waals surface area contributed by atoms with Crippen molar-refractivity contribution in [1.82, 2.24) is 0 Å². The van der Waals surface area contributed by atoms with E-state index in [1.807, 2.05) is 13.8 Å². The van der Waals surface area contributed by atoms with Crippen molar-refractivity contribution in [3.63, 3.8) is 0 Å². The Hall–Kier alpha value is -1.62. The monoisotopic (exact) mass is 267 g/mol. The lowest BCUT2D eigenvalue weighted by Gasteiger charge is -2.29. The number of hydrogen-bond donors (Lipinski definition) is 0. The number of anilines is 1.